The fraction of sp³-hybridized carbons (Fsp3) is 0.188. The van der Waals surface area contributed by atoms with Crippen LogP contribution in [0.3, 0.4) is 0 Å². The van der Waals surface area contributed by atoms with Crippen LogP contribution in [0.4, 0.5) is 0 Å². The van der Waals surface area contributed by atoms with Crippen molar-refractivity contribution in [2.75, 3.05) is 6.61 Å². The molecular formula is C16H13ClN4O3S. The predicted octanol–water partition coefficient (Wildman–Crippen LogP) is 2.79. The van der Waals surface area contributed by atoms with Gasteiger partial charge in [-0.05, 0) is 24.3 Å². The lowest BCUT2D eigenvalue weighted by molar-refractivity contribution is -0.143. The van der Waals surface area contributed by atoms with E-state index in [-0.39, 0.29) is 18.9 Å². The number of aromatic nitrogens is 4. The Balaban J connectivity index is 1.55. The van der Waals surface area contributed by atoms with E-state index in [9.17, 15) is 9.59 Å². The minimum Gasteiger partial charge on any atom is -0.456 e. The number of rotatable bonds is 6. The average Bonchev–Trinajstić information content (AvgIpc) is 3.22. The SMILES string of the molecule is Cc1ccc(-c2nnn(CC(=O)OCC(=O)c3ccc(Cl)s3)n2)cc1. The Kier molecular flexibility index (Phi) is 5.20. The van der Waals surface area contributed by atoms with Gasteiger partial charge in [-0.2, -0.15) is 4.80 Å². The zero-order valence-corrected chi connectivity index (χ0v) is 14.8. The second kappa shape index (κ2) is 7.54. The lowest BCUT2D eigenvalue weighted by Crippen LogP contribution is -2.19. The molecule has 2 aromatic heterocycles. The van der Waals surface area contributed by atoms with Crippen molar-refractivity contribution in [3.05, 3.63) is 51.2 Å². The number of ether oxygens (including phenoxy) is 1. The Morgan fingerprint density at radius 1 is 1.20 bits per heavy atom. The van der Waals surface area contributed by atoms with Crippen LogP contribution >= 0.6 is 22.9 Å². The minimum absolute atomic E-state index is 0.225. The molecule has 0 atom stereocenters. The molecule has 0 spiro atoms. The number of carbonyl (C=O) groups excluding carboxylic acids is 2. The number of thiophene rings is 1. The summed E-state index contributed by atoms with van der Waals surface area (Å²) >= 11 is 6.91. The van der Waals surface area contributed by atoms with Crippen molar-refractivity contribution in [1.82, 2.24) is 20.2 Å². The van der Waals surface area contributed by atoms with Crippen LogP contribution in [0, 0.1) is 6.92 Å². The van der Waals surface area contributed by atoms with Crippen LogP contribution in [0.1, 0.15) is 15.2 Å². The largest absolute Gasteiger partial charge is 0.456 e. The molecule has 25 heavy (non-hydrogen) atoms. The molecule has 0 amide bonds. The summed E-state index contributed by atoms with van der Waals surface area (Å²) in [7, 11) is 0. The van der Waals surface area contributed by atoms with Crippen molar-refractivity contribution in [2.24, 2.45) is 0 Å². The van der Waals surface area contributed by atoms with Gasteiger partial charge in [0.15, 0.2) is 13.2 Å². The number of Topliss-reactive ketones (excluding diaryl/α,β-unsaturated/α-hetero) is 1. The molecule has 0 saturated heterocycles. The Bertz CT molecular complexity index is 904. The number of aryl methyl sites for hydroxylation is 1. The number of halogens is 1. The van der Waals surface area contributed by atoms with Crippen molar-refractivity contribution < 1.29 is 14.3 Å². The van der Waals surface area contributed by atoms with Gasteiger partial charge in [-0.1, -0.05) is 41.4 Å². The van der Waals surface area contributed by atoms with Crippen molar-refractivity contribution in [3.8, 4) is 11.4 Å². The molecule has 0 unspecified atom stereocenters. The number of hydrogen-bond acceptors (Lipinski definition) is 7. The van der Waals surface area contributed by atoms with Crippen LogP contribution in [0.25, 0.3) is 11.4 Å². The number of carbonyl (C=O) groups is 2. The molecule has 3 aromatic rings. The highest BCUT2D eigenvalue weighted by atomic mass is 35.5. The van der Waals surface area contributed by atoms with Crippen LogP contribution in [-0.2, 0) is 16.1 Å². The smallest absolute Gasteiger partial charge is 0.330 e. The molecule has 7 nitrogen and oxygen atoms in total. The number of ketones is 1. The number of tetrazole rings is 1. The maximum Gasteiger partial charge on any atom is 0.330 e. The van der Waals surface area contributed by atoms with Crippen LogP contribution in [-0.4, -0.2) is 38.6 Å². The van der Waals surface area contributed by atoms with E-state index in [1.807, 2.05) is 31.2 Å². The summed E-state index contributed by atoms with van der Waals surface area (Å²) in [5.41, 5.74) is 1.92. The average molecular weight is 377 g/mol. The molecule has 128 valence electrons. The standard InChI is InChI=1S/C16H13ClN4O3S/c1-10-2-4-11(5-3-10)16-18-20-21(19-16)8-15(23)24-9-12(22)13-6-7-14(17)25-13/h2-7H,8-9H2,1H3. The Labute approximate surface area is 152 Å². The van der Waals surface area contributed by atoms with E-state index in [1.54, 1.807) is 12.1 Å². The quantitative estimate of drug-likeness (QED) is 0.485. The number of nitrogens with zero attached hydrogens (tertiary/aromatic N) is 4. The van der Waals surface area contributed by atoms with Crippen molar-refractivity contribution in [2.45, 2.75) is 13.5 Å². The third kappa shape index (κ3) is 4.49. The molecule has 3 rings (SSSR count). The third-order valence-electron chi connectivity index (χ3n) is 3.25. The van der Waals surface area contributed by atoms with Gasteiger partial charge in [0.05, 0.1) is 9.21 Å². The predicted molar refractivity (Wildman–Crippen MR) is 92.6 cm³/mol. The van der Waals surface area contributed by atoms with Crippen LogP contribution in [0.15, 0.2) is 36.4 Å². The number of esters is 1. The summed E-state index contributed by atoms with van der Waals surface area (Å²) in [5.74, 6) is -0.516. The summed E-state index contributed by atoms with van der Waals surface area (Å²) in [5, 5.41) is 11.9. The highest BCUT2D eigenvalue weighted by Crippen LogP contribution is 2.21. The van der Waals surface area contributed by atoms with E-state index < -0.39 is 5.97 Å². The highest BCUT2D eigenvalue weighted by molar-refractivity contribution is 7.18. The summed E-state index contributed by atoms with van der Waals surface area (Å²) in [6.07, 6.45) is 0. The van der Waals surface area contributed by atoms with Gasteiger partial charge in [-0.15, -0.1) is 21.5 Å². The summed E-state index contributed by atoms with van der Waals surface area (Å²) in [4.78, 5) is 25.2. The molecule has 9 heteroatoms. The summed E-state index contributed by atoms with van der Waals surface area (Å²) < 4.78 is 5.45. The number of hydrogen-bond donors (Lipinski definition) is 0. The van der Waals surface area contributed by atoms with Crippen LogP contribution < -0.4 is 0 Å². The van der Waals surface area contributed by atoms with Gasteiger partial charge in [-0.25, -0.2) is 4.79 Å². The molecule has 1 aromatic carbocycles. The van der Waals surface area contributed by atoms with E-state index in [0.717, 1.165) is 27.3 Å². The highest BCUT2D eigenvalue weighted by Gasteiger charge is 2.14. The third-order valence-corrected chi connectivity index (χ3v) is 4.52. The zero-order valence-electron chi connectivity index (χ0n) is 13.2. The minimum atomic E-state index is -0.621. The van der Waals surface area contributed by atoms with Crippen LogP contribution in [0.5, 0.6) is 0 Å². The van der Waals surface area contributed by atoms with Gasteiger partial charge >= 0.3 is 5.97 Å². The van der Waals surface area contributed by atoms with Gasteiger partial charge < -0.3 is 4.74 Å². The first-order valence-corrected chi connectivity index (χ1v) is 8.50. The van der Waals surface area contributed by atoms with Gasteiger partial charge in [-0.3, -0.25) is 4.79 Å². The maximum absolute atomic E-state index is 11.9. The van der Waals surface area contributed by atoms with Gasteiger partial charge in [0, 0.05) is 5.56 Å². The topological polar surface area (TPSA) is 87.0 Å². The van der Waals surface area contributed by atoms with E-state index in [2.05, 4.69) is 15.4 Å². The van der Waals surface area contributed by atoms with E-state index in [4.69, 9.17) is 16.3 Å². The first-order valence-electron chi connectivity index (χ1n) is 7.30. The molecule has 0 fully saturated rings. The molecule has 0 bridgehead atoms. The Hall–Kier alpha value is -2.58. The van der Waals surface area contributed by atoms with Crippen molar-refractivity contribution in [1.29, 1.82) is 0 Å². The zero-order chi connectivity index (χ0) is 17.8. The Morgan fingerprint density at radius 3 is 2.64 bits per heavy atom. The fourth-order valence-corrected chi connectivity index (χ4v) is 2.94. The van der Waals surface area contributed by atoms with Gasteiger partial charge in [0.1, 0.15) is 0 Å². The molecular weight excluding hydrogens is 364 g/mol. The first-order chi connectivity index (χ1) is 12.0. The number of benzene rings is 1. The van der Waals surface area contributed by atoms with Crippen molar-refractivity contribution in [3.63, 3.8) is 0 Å². The molecule has 2 heterocycles. The lowest BCUT2D eigenvalue weighted by Gasteiger charge is -2.02. The molecule has 0 aliphatic rings. The molecule has 0 aliphatic carbocycles. The van der Waals surface area contributed by atoms with Gasteiger partial charge in [0.25, 0.3) is 0 Å². The maximum atomic E-state index is 11.9. The first kappa shape index (κ1) is 17.2. The van der Waals surface area contributed by atoms with Gasteiger partial charge in [0.2, 0.25) is 11.6 Å². The molecule has 0 aliphatic heterocycles. The second-order valence-electron chi connectivity index (χ2n) is 5.20. The summed E-state index contributed by atoms with van der Waals surface area (Å²) in [6, 6.07) is 10.8. The summed E-state index contributed by atoms with van der Waals surface area (Å²) in [6.45, 7) is 1.40. The monoisotopic (exact) mass is 376 g/mol. The van der Waals surface area contributed by atoms with Crippen LogP contribution in [0.2, 0.25) is 4.34 Å². The fourth-order valence-electron chi connectivity index (χ4n) is 1.97. The molecule has 0 radical (unpaired) electrons. The lowest BCUT2D eigenvalue weighted by atomic mass is 10.1. The Morgan fingerprint density at radius 2 is 1.96 bits per heavy atom. The van der Waals surface area contributed by atoms with E-state index >= 15 is 0 Å². The van der Waals surface area contributed by atoms with Crippen molar-refractivity contribution >= 4 is 34.7 Å². The molecule has 0 N–H and O–H groups in total. The second-order valence-corrected chi connectivity index (χ2v) is 6.91. The van der Waals surface area contributed by atoms with E-state index in [0.29, 0.717) is 15.0 Å². The normalized spacial score (nSPS) is 10.6. The van der Waals surface area contributed by atoms with E-state index in [1.165, 1.54) is 0 Å². The molecule has 0 saturated carbocycles.